The Morgan fingerprint density at radius 1 is 1.11 bits per heavy atom. The number of hydrogen-bond acceptors (Lipinski definition) is 3. The largest absolute Gasteiger partial charge is 0.374 e. The van der Waals surface area contributed by atoms with Crippen LogP contribution in [0.2, 0.25) is 0 Å². The van der Waals surface area contributed by atoms with Crippen molar-refractivity contribution in [3.63, 3.8) is 0 Å². The zero-order valence-electron chi connectivity index (χ0n) is 13.0. The molecule has 1 amide bonds. The van der Waals surface area contributed by atoms with Gasteiger partial charge in [0, 0.05) is 17.5 Å². The van der Waals surface area contributed by atoms with Gasteiger partial charge < -0.3 is 15.8 Å². The normalized spacial score (nSPS) is 13.6. The van der Waals surface area contributed by atoms with Crippen LogP contribution >= 0.6 is 0 Å². The van der Waals surface area contributed by atoms with Crippen LogP contribution in [-0.2, 0) is 9.53 Å². The fraction of sp³-hybridized carbons (Fsp3) is 0.929. The Balaban J connectivity index is 4.07. The molecular formula is C14H30N2O2. The summed E-state index contributed by atoms with van der Waals surface area (Å²) < 4.78 is 5.77. The molecule has 18 heavy (non-hydrogen) atoms. The van der Waals surface area contributed by atoms with Crippen molar-refractivity contribution in [2.75, 3.05) is 6.61 Å². The minimum absolute atomic E-state index is 0.0613. The molecule has 0 bridgehead atoms. The lowest BCUT2D eigenvalue weighted by Gasteiger charge is -2.30. The molecule has 3 N–H and O–H groups in total. The van der Waals surface area contributed by atoms with Gasteiger partial charge in [-0.25, -0.2) is 0 Å². The Labute approximate surface area is 112 Å². The van der Waals surface area contributed by atoms with E-state index in [1.165, 1.54) is 0 Å². The van der Waals surface area contributed by atoms with Crippen LogP contribution in [-0.4, -0.2) is 29.2 Å². The van der Waals surface area contributed by atoms with Crippen molar-refractivity contribution >= 4 is 5.91 Å². The van der Waals surface area contributed by atoms with E-state index in [2.05, 4.69) is 5.32 Å². The quantitative estimate of drug-likeness (QED) is 0.767. The highest BCUT2D eigenvalue weighted by molar-refractivity contribution is 5.76. The van der Waals surface area contributed by atoms with Crippen LogP contribution in [0.15, 0.2) is 0 Å². The van der Waals surface area contributed by atoms with E-state index in [0.717, 1.165) is 0 Å². The highest BCUT2D eigenvalue weighted by Gasteiger charge is 2.24. The predicted octanol–water partition coefficient (Wildman–Crippen LogP) is 2.21. The molecule has 4 nitrogen and oxygen atoms in total. The molecule has 0 aliphatic carbocycles. The second kappa shape index (κ2) is 6.02. The fourth-order valence-corrected chi connectivity index (χ4v) is 1.35. The van der Waals surface area contributed by atoms with Crippen LogP contribution in [0.5, 0.6) is 0 Å². The SMILES string of the molecule is CC(C)(N)COC(C)(C)CCC(=O)NC(C)(C)C. The highest BCUT2D eigenvalue weighted by Crippen LogP contribution is 2.18. The van der Waals surface area contributed by atoms with Gasteiger partial charge in [-0.3, -0.25) is 4.79 Å². The number of nitrogens with one attached hydrogen (secondary N) is 1. The fourth-order valence-electron chi connectivity index (χ4n) is 1.35. The Kier molecular flexibility index (Phi) is 5.82. The number of carbonyl (C=O) groups excluding carboxylic acids is 1. The van der Waals surface area contributed by atoms with Gasteiger partial charge in [-0.1, -0.05) is 0 Å². The second-order valence-electron chi connectivity index (χ2n) is 7.34. The second-order valence-corrected chi connectivity index (χ2v) is 7.34. The van der Waals surface area contributed by atoms with E-state index in [9.17, 15) is 4.79 Å². The molecule has 0 radical (unpaired) electrons. The number of nitrogens with two attached hydrogens (primary N) is 1. The smallest absolute Gasteiger partial charge is 0.220 e. The van der Waals surface area contributed by atoms with E-state index in [4.69, 9.17) is 10.5 Å². The maximum Gasteiger partial charge on any atom is 0.220 e. The van der Waals surface area contributed by atoms with Gasteiger partial charge in [-0.05, 0) is 54.9 Å². The number of carbonyl (C=O) groups is 1. The lowest BCUT2D eigenvalue weighted by molar-refractivity contribution is -0.124. The molecule has 0 rings (SSSR count). The average molecular weight is 258 g/mol. The van der Waals surface area contributed by atoms with Crippen LogP contribution in [0.1, 0.15) is 61.3 Å². The third-order valence-electron chi connectivity index (χ3n) is 2.30. The van der Waals surface area contributed by atoms with Crippen molar-refractivity contribution < 1.29 is 9.53 Å². The molecule has 0 saturated carbocycles. The van der Waals surface area contributed by atoms with Crippen molar-refractivity contribution in [1.29, 1.82) is 0 Å². The van der Waals surface area contributed by atoms with Crippen molar-refractivity contribution in [1.82, 2.24) is 5.32 Å². The molecule has 4 heteroatoms. The van der Waals surface area contributed by atoms with E-state index in [-0.39, 0.29) is 22.6 Å². The summed E-state index contributed by atoms with van der Waals surface area (Å²) in [7, 11) is 0. The third-order valence-corrected chi connectivity index (χ3v) is 2.30. The van der Waals surface area contributed by atoms with Gasteiger partial charge in [0.2, 0.25) is 5.91 Å². The minimum atomic E-state index is -0.342. The van der Waals surface area contributed by atoms with Crippen LogP contribution in [0.3, 0.4) is 0 Å². The molecule has 0 aromatic heterocycles. The van der Waals surface area contributed by atoms with Crippen molar-refractivity contribution in [3.05, 3.63) is 0 Å². The monoisotopic (exact) mass is 258 g/mol. The van der Waals surface area contributed by atoms with Gasteiger partial charge in [0.1, 0.15) is 0 Å². The summed E-state index contributed by atoms with van der Waals surface area (Å²) in [6.07, 6.45) is 1.15. The third kappa shape index (κ3) is 10.5. The predicted molar refractivity (Wildman–Crippen MR) is 75.4 cm³/mol. The first-order valence-corrected chi connectivity index (χ1v) is 6.55. The van der Waals surface area contributed by atoms with Crippen LogP contribution in [0.25, 0.3) is 0 Å². The summed E-state index contributed by atoms with van der Waals surface area (Å²) in [5.74, 6) is 0.0613. The van der Waals surface area contributed by atoms with E-state index in [1.54, 1.807) is 0 Å². The first-order chi connectivity index (χ1) is 7.81. The topological polar surface area (TPSA) is 64.3 Å². The van der Waals surface area contributed by atoms with E-state index in [0.29, 0.717) is 19.4 Å². The Bertz CT molecular complexity index is 272. The number of hydrogen-bond donors (Lipinski definition) is 2. The Morgan fingerprint density at radius 3 is 2.00 bits per heavy atom. The van der Waals surface area contributed by atoms with E-state index < -0.39 is 0 Å². The Hall–Kier alpha value is -0.610. The molecule has 108 valence electrons. The zero-order valence-corrected chi connectivity index (χ0v) is 13.0. The average Bonchev–Trinajstić information content (AvgIpc) is 2.08. The van der Waals surface area contributed by atoms with Crippen LogP contribution in [0, 0.1) is 0 Å². The van der Waals surface area contributed by atoms with Gasteiger partial charge in [-0.2, -0.15) is 0 Å². The lowest BCUT2D eigenvalue weighted by atomic mass is 10.0. The van der Waals surface area contributed by atoms with Gasteiger partial charge in [0.25, 0.3) is 0 Å². The van der Waals surface area contributed by atoms with Crippen LogP contribution in [0.4, 0.5) is 0 Å². The first-order valence-electron chi connectivity index (χ1n) is 6.55. The molecule has 0 aliphatic rings. The molecule has 0 unspecified atom stereocenters. The minimum Gasteiger partial charge on any atom is -0.374 e. The molecular weight excluding hydrogens is 228 g/mol. The molecule has 0 spiro atoms. The standard InChI is InChI=1S/C14H30N2O2/c1-12(2,3)16-11(17)8-9-14(6,7)18-10-13(4,5)15/h8-10,15H2,1-7H3,(H,16,17). The molecule has 0 saturated heterocycles. The van der Waals surface area contributed by atoms with Gasteiger partial charge in [0.15, 0.2) is 0 Å². The molecule has 0 aromatic rings. The lowest BCUT2D eigenvalue weighted by Crippen LogP contribution is -2.43. The zero-order chi connectivity index (χ0) is 14.6. The molecule has 0 atom stereocenters. The molecule has 0 fully saturated rings. The van der Waals surface area contributed by atoms with Gasteiger partial charge in [0.05, 0.1) is 12.2 Å². The summed E-state index contributed by atoms with van der Waals surface area (Å²) in [6.45, 7) is 14.2. The van der Waals surface area contributed by atoms with E-state index >= 15 is 0 Å². The summed E-state index contributed by atoms with van der Waals surface area (Å²) >= 11 is 0. The van der Waals surface area contributed by atoms with Crippen molar-refractivity contribution in [2.45, 2.75) is 78.0 Å². The number of rotatable bonds is 6. The maximum absolute atomic E-state index is 11.7. The van der Waals surface area contributed by atoms with Gasteiger partial charge >= 0.3 is 0 Å². The summed E-state index contributed by atoms with van der Waals surface area (Å²) in [5, 5.41) is 2.94. The number of amides is 1. The summed E-state index contributed by atoms with van der Waals surface area (Å²) in [5.41, 5.74) is 5.03. The molecule has 0 aliphatic heterocycles. The summed E-state index contributed by atoms with van der Waals surface area (Å²) in [6, 6.07) is 0. The molecule has 0 heterocycles. The maximum atomic E-state index is 11.7. The van der Waals surface area contributed by atoms with E-state index in [1.807, 2.05) is 48.5 Å². The molecule has 0 aromatic carbocycles. The van der Waals surface area contributed by atoms with Crippen LogP contribution < -0.4 is 11.1 Å². The number of ether oxygens (including phenoxy) is 1. The van der Waals surface area contributed by atoms with Gasteiger partial charge in [-0.15, -0.1) is 0 Å². The van der Waals surface area contributed by atoms with Crippen molar-refractivity contribution in [2.24, 2.45) is 5.73 Å². The Morgan fingerprint density at radius 2 is 1.61 bits per heavy atom. The summed E-state index contributed by atoms with van der Waals surface area (Å²) in [4.78, 5) is 11.7. The first kappa shape index (κ1) is 17.4. The van der Waals surface area contributed by atoms with Crippen molar-refractivity contribution in [3.8, 4) is 0 Å². The highest BCUT2D eigenvalue weighted by atomic mass is 16.5.